The van der Waals surface area contributed by atoms with Crippen LogP contribution in [0.4, 0.5) is 17.1 Å². The van der Waals surface area contributed by atoms with Gasteiger partial charge in [0.15, 0.2) is 0 Å². The van der Waals surface area contributed by atoms with Crippen LogP contribution in [0.1, 0.15) is 36.0 Å². The minimum absolute atomic E-state index is 0.0513. The van der Waals surface area contributed by atoms with E-state index in [1.165, 1.54) is 0 Å². The molecule has 0 spiro atoms. The summed E-state index contributed by atoms with van der Waals surface area (Å²) in [5, 5.41) is 16.1. The number of unbranched alkanes of at least 4 members (excludes halogenated alkanes) is 1. The summed E-state index contributed by atoms with van der Waals surface area (Å²) in [4.78, 5) is 41.0. The Bertz CT molecular complexity index is 1450. The lowest BCUT2D eigenvalue weighted by atomic mass is 9.98. The van der Waals surface area contributed by atoms with E-state index >= 15 is 0 Å². The molecule has 208 valence electrons. The van der Waals surface area contributed by atoms with Crippen molar-refractivity contribution in [3.63, 3.8) is 0 Å². The summed E-state index contributed by atoms with van der Waals surface area (Å²) in [6.07, 6.45) is 2.13. The molecule has 3 aromatic rings. The Morgan fingerprint density at radius 3 is 2.42 bits per heavy atom. The monoisotopic (exact) mass is 560 g/mol. The zero-order chi connectivity index (χ0) is 28.8. The smallest absolute Gasteiger partial charge is 0.307 e. The van der Waals surface area contributed by atoms with Crippen LogP contribution in [0.15, 0.2) is 66.7 Å². The van der Waals surface area contributed by atoms with E-state index in [-0.39, 0.29) is 18.2 Å². The largest absolute Gasteiger partial charge is 0.481 e. The van der Waals surface area contributed by atoms with Crippen LogP contribution < -0.4 is 15.5 Å². The first-order chi connectivity index (χ1) is 19.1. The molecule has 0 bridgehead atoms. The molecule has 0 unspecified atom stereocenters. The highest BCUT2D eigenvalue weighted by Gasteiger charge is 2.29. The minimum atomic E-state index is -0.940. The van der Waals surface area contributed by atoms with Gasteiger partial charge in [0.05, 0.1) is 23.4 Å². The Balaban J connectivity index is 1.63. The maximum atomic E-state index is 13.2. The van der Waals surface area contributed by atoms with Crippen LogP contribution in [0.5, 0.6) is 0 Å². The fourth-order valence-electron chi connectivity index (χ4n) is 4.61. The van der Waals surface area contributed by atoms with Gasteiger partial charge in [-0.15, -0.1) is 0 Å². The molecule has 1 aliphatic rings. The summed E-state index contributed by atoms with van der Waals surface area (Å²) in [5.74, 6) is -1.18. The van der Waals surface area contributed by atoms with Gasteiger partial charge in [-0.2, -0.15) is 0 Å². The molecule has 3 N–H and O–H groups in total. The van der Waals surface area contributed by atoms with Crippen molar-refractivity contribution in [3.05, 3.63) is 88.4 Å². The predicted octanol–water partition coefficient (Wildman–Crippen LogP) is 5.59. The molecule has 9 heteroatoms. The molecule has 40 heavy (non-hydrogen) atoms. The molecule has 2 amide bonds. The zero-order valence-electron chi connectivity index (χ0n) is 22.8. The van der Waals surface area contributed by atoms with Crippen LogP contribution in [0.25, 0.3) is 11.3 Å². The average Bonchev–Trinajstić information content (AvgIpc) is 3.23. The van der Waals surface area contributed by atoms with Crippen LogP contribution >= 0.6 is 11.6 Å². The number of carbonyl (C=O) groups is 3. The maximum absolute atomic E-state index is 13.2. The Morgan fingerprint density at radius 2 is 1.73 bits per heavy atom. The Labute approximate surface area is 239 Å². The van der Waals surface area contributed by atoms with E-state index < -0.39 is 5.97 Å². The highest BCUT2D eigenvalue weighted by molar-refractivity contribution is 6.38. The standard InChI is InChI=1S/C31H33ClN4O4/c1-35(2)16-5-4-9-27(37)36(3)24-13-11-23(12-14-24)33-30(21-8-6-7-20(17-21)18-28(38)39)29-25-15-10-22(32)19-26(25)34-31(29)40/h6-8,10-15,17,19,33H,4-5,9,16,18H2,1-3H3,(H,34,40)(H,38,39). The van der Waals surface area contributed by atoms with Gasteiger partial charge in [-0.25, -0.2) is 0 Å². The molecule has 1 heterocycles. The number of rotatable bonds is 11. The average molecular weight is 561 g/mol. The van der Waals surface area contributed by atoms with Gasteiger partial charge >= 0.3 is 5.97 Å². The normalized spacial score (nSPS) is 13.6. The van der Waals surface area contributed by atoms with Crippen molar-refractivity contribution < 1.29 is 19.5 Å². The van der Waals surface area contributed by atoms with Crippen molar-refractivity contribution in [1.82, 2.24) is 4.90 Å². The number of benzene rings is 3. The second-order valence-corrected chi connectivity index (χ2v) is 10.5. The summed E-state index contributed by atoms with van der Waals surface area (Å²) in [6.45, 7) is 0.948. The molecule has 0 aliphatic carbocycles. The zero-order valence-corrected chi connectivity index (χ0v) is 23.6. The summed E-state index contributed by atoms with van der Waals surface area (Å²) in [5.41, 5.74) is 5.00. The number of anilines is 3. The van der Waals surface area contributed by atoms with E-state index in [2.05, 4.69) is 15.5 Å². The van der Waals surface area contributed by atoms with Gasteiger partial charge in [0, 0.05) is 35.4 Å². The van der Waals surface area contributed by atoms with Gasteiger partial charge in [-0.3, -0.25) is 14.4 Å². The van der Waals surface area contributed by atoms with Crippen molar-refractivity contribution in [2.24, 2.45) is 0 Å². The van der Waals surface area contributed by atoms with Gasteiger partial charge < -0.3 is 25.5 Å². The molecule has 0 saturated carbocycles. The van der Waals surface area contributed by atoms with Crippen LogP contribution in [0.2, 0.25) is 5.02 Å². The van der Waals surface area contributed by atoms with E-state index in [0.717, 1.165) is 25.1 Å². The number of carboxylic acid groups (broad SMARTS) is 1. The first kappa shape index (κ1) is 28.9. The molecule has 8 nitrogen and oxygen atoms in total. The highest BCUT2D eigenvalue weighted by atomic mass is 35.5. The summed E-state index contributed by atoms with van der Waals surface area (Å²) in [6, 6.07) is 19.7. The van der Waals surface area contributed by atoms with Crippen molar-refractivity contribution in [1.29, 1.82) is 0 Å². The molecular weight excluding hydrogens is 528 g/mol. The summed E-state index contributed by atoms with van der Waals surface area (Å²) >= 11 is 6.16. The first-order valence-corrected chi connectivity index (χ1v) is 13.4. The van der Waals surface area contributed by atoms with Gasteiger partial charge in [0.1, 0.15) is 0 Å². The maximum Gasteiger partial charge on any atom is 0.307 e. The number of fused-ring (bicyclic) bond motifs is 1. The Kier molecular flexibility index (Phi) is 9.24. The van der Waals surface area contributed by atoms with E-state index in [4.69, 9.17) is 11.6 Å². The molecule has 0 atom stereocenters. The van der Waals surface area contributed by atoms with Gasteiger partial charge in [-0.1, -0.05) is 35.9 Å². The Hall–Kier alpha value is -4.14. The van der Waals surface area contributed by atoms with Gasteiger partial charge in [-0.05, 0) is 87.1 Å². The number of carboxylic acids is 1. The molecule has 1 aliphatic heterocycles. The lowest BCUT2D eigenvalue weighted by Crippen LogP contribution is -2.26. The van der Waals surface area contributed by atoms with Gasteiger partial charge in [0.2, 0.25) is 5.91 Å². The number of halogens is 1. The van der Waals surface area contributed by atoms with Crippen LogP contribution in [0.3, 0.4) is 0 Å². The van der Waals surface area contributed by atoms with E-state index in [9.17, 15) is 19.5 Å². The summed E-state index contributed by atoms with van der Waals surface area (Å²) < 4.78 is 0. The molecule has 0 saturated heterocycles. The second kappa shape index (κ2) is 12.8. The molecule has 3 aromatic carbocycles. The molecule has 0 fully saturated rings. The van der Waals surface area contributed by atoms with Crippen molar-refractivity contribution in [3.8, 4) is 0 Å². The third-order valence-corrected chi connectivity index (χ3v) is 6.93. The SMILES string of the molecule is CN(C)CCCCC(=O)N(C)c1ccc(NC(=C2C(=O)Nc3cc(Cl)ccc32)c2cccc(CC(=O)O)c2)cc1. The van der Waals surface area contributed by atoms with Crippen molar-refractivity contribution >= 4 is 57.7 Å². The van der Waals surface area contributed by atoms with Crippen LogP contribution in [-0.2, 0) is 20.8 Å². The fraction of sp³-hybridized carbons (Fsp3) is 0.258. The number of aliphatic carboxylic acids is 1. The summed E-state index contributed by atoms with van der Waals surface area (Å²) in [7, 11) is 5.80. The number of nitrogens with one attached hydrogen (secondary N) is 2. The van der Waals surface area contributed by atoms with E-state index in [1.54, 1.807) is 48.3 Å². The molecule has 4 rings (SSSR count). The quantitative estimate of drug-likeness (QED) is 0.209. The highest BCUT2D eigenvalue weighted by Crippen LogP contribution is 2.39. The van der Waals surface area contributed by atoms with Crippen molar-refractivity contribution in [2.45, 2.75) is 25.7 Å². The second-order valence-electron chi connectivity index (χ2n) is 10.0. The first-order valence-electron chi connectivity index (χ1n) is 13.1. The molecule has 0 radical (unpaired) electrons. The number of amides is 2. The number of hydrogen-bond acceptors (Lipinski definition) is 5. The predicted molar refractivity (Wildman–Crippen MR) is 161 cm³/mol. The van der Waals surface area contributed by atoms with Crippen molar-refractivity contribution in [2.75, 3.05) is 43.2 Å². The molecule has 0 aromatic heterocycles. The number of nitrogens with zero attached hydrogens (tertiary/aromatic N) is 2. The lowest BCUT2D eigenvalue weighted by molar-refractivity contribution is -0.136. The van der Waals surface area contributed by atoms with E-state index in [1.807, 2.05) is 44.4 Å². The number of carbonyl (C=O) groups excluding carboxylic acids is 2. The lowest BCUT2D eigenvalue weighted by Gasteiger charge is -2.19. The fourth-order valence-corrected chi connectivity index (χ4v) is 4.78. The van der Waals surface area contributed by atoms with Crippen LogP contribution in [0, 0.1) is 0 Å². The van der Waals surface area contributed by atoms with Gasteiger partial charge in [0.25, 0.3) is 5.91 Å². The third-order valence-electron chi connectivity index (χ3n) is 6.69. The Morgan fingerprint density at radius 1 is 0.975 bits per heavy atom. The van der Waals surface area contributed by atoms with Crippen LogP contribution in [-0.4, -0.2) is 55.5 Å². The molecular formula is C31H33ClN4O4. The topological polar surface area (TPSA) is 102 Å². The van der Waals surface area contributed by atoms with E-state index in [0.29, 0.717) is 50.8 Å². The minimum Gasteiger partial charge on any atom is -0.481 e. The third kappa shape index (κ3) is 7.08. The number of hydrogen-bond donors (Lipinski definition) is 3.